The minimum atomic E-state index is -0.545. The molecule has 12 heterocycles. The average molecular weight is 1660 g/mol. The van der Waals surface area contributed by atoms with Crippen molar-refractivity contribution in [3.8, 4) is 5.82 Å². The number of benzene rings is 9. The van der Waals surface area contributed by atoms with E-state index in [4.69, 9.17) is 24.7 Å². The maximum Gasteiger partial charge on any atom is 0.410 e. The molecule has 0 N–H and O–H groups in total. The fourth-order valence-corrected chi connectivity index (χ4v) is 20.8. The summed E-state index contributed by atoms with van der Waals surface area (Å²) in [7, 11) is 0. The normalized spacial score (nSPS) is 14.4. The molecule has 3 aliphatic rings. The van der Waals surface area contributed by atoms with Gasteiger partial charge in [-0.3, -0.25) is 24.1 Å². The monoisotopic (exact) mass is 1660 g/mol. The maximum atomic E-state index is 13.9. The van der Waals surface area contributed by atoms with E-state index in [0.717, 1.165) is 164 Å². The van der Waals surface area contributed by atoms with Gasteiger partial charge in [0.1, 0.15) is 46.3 Å². The molecule has 25 heteroatoms. The molecule has 9 aromatic heterocycles. The number of likely N-dealkylation sites (N-methyl/N-ethyl adjacent to an activating group) is 1. The van der Waals surface area contributed by atoms with Crippen molar-refractivity contribution in [1.29, 1.82) is 0 Å². The van der Waals surface area contributed by atoms with Crippen molar-refractivity contribution in [3.05, 3.63) is 294 Å². The highest BCUT2D eigenvalue weighted by atomic mass is 32.1. The number of pyridine rings is 4. The lowest BCUT2D eigenvalue weighted by Gasteiger charge is -2.36. The molecule has 0 bridgehead atoms. The van der Waals surface area contributed by atoms with E-state index < -0.39 is 17.2 Å². The number of rotatable bonds is 7. The molecule has 0 unspecified atom stereocenters. The number of hydrogen-bond donors (Lipinski definition) is 0. The number of ether oxygens (including phenoxy) is 1. The molecule has 9 aromatic carbocycles. The molecule has 17 nitrogen and oxygen atoms in total. The number of carbonyl (C=O) groups excluding carboxylic acids is 1. The van der Waals surface area contributed by atoms with Crippen LogP contribution in [-0.2, 0) is 11.3 Å². The third-order valence-corrected chi connectivity index (χ3v) is 26.6. The van der Waals surface area contributed by atoms with Gasteiger partial charge in [-0.2, -0.15) is 0 Å². The standard InChI is InChI=1S/C27H22FN3OS.C25H24FN3O3S.C22H20FN3OS.C20H11FN2OS/c28-19-10-11-23-21(16-19)25(32)24-20-8-4-5-9-22(20)29-27(26(24)33-23)31-14-12-30(13-15-31)17-18-6-2-1-3-7-18;1-25(2,3)32-24(31)29-12-10-28(11-13-29)23-22-20(16-6-4-5-7-18(16)27-23)21(30)17-14-15(26)8-9-19(17)33-22;1-2-25-9-11-26(12-10-25)22-21-19(15-5-3-4-6-17(15)24-22)20(27)16-13-14(23)7-8-18(16)28-21;21-12-7-8-16-14(11-12)18(24)17-13-5-1-2-6-15(13)22-20(19(17)25-16)23-9-3-4-10-23/h1-11,16H,12-15,17H2;4-9,14H,10-13H2,1-3H3;3-8,13H,2,9-12H2,1H3;1-11H. The van der Waals surface area contributed by atoms with Crippen LogP contribution in [0.4, 0.5) is 39.8 Å². The third kappa shape index (κ3) is 15.4. The highest BCUT2D eigenvalue weighted by Crippen LogP contribution is 2.41. The SMILES string of the molecule is CC(C)(C)OC(=O)N1CCN(c2nc3ccccc3c3c(=O)c4cc(F)ccc4sc23)CC1.CCN1CCN(c2nc3ccccc3c3c(=O)c4cc(F)ccc4sc23)CC1.O=c1c2cc(F)ccc2sc2c(-n3cccc3)nc3ccccc3c12.O=c1c2cc(F)ccc2sc2c(N3CCN(Cc4ccccc4)CC3)nc3ccccc3c12. The summed E-state index contributed by atoms with van der Waals surface area (Å²) in [5.74, 6) is 1.56. The van der Waals surface area contributed by atoms with Crippen LogP contribution in [0.5, 0.6) is 0 Å². The van der Waals surface area contributed by atoms with Gasteiger partial charge in [-0.05, 0) is 142 Å². The zero-order valence-electron chi connectivity index (χ0n) is 65.3. The number of fused-ring (bicyclic) bond motifs is 16. The van der Waals surface area contributed by atoms with Gasteiger partial charge in [0.2, 0.25) is 0 Å². The Labute approximate surface area is 694 Å². The Bertz CT molecular complexity index is 7310. The second kappa shape index (κ2) is 32.6. The van der Waals surface area contributed by atoms with Crippen molar-refractivity contribution >= 4 is 193 Å². The van der Waals surface area contributed by atoms with Crippen LogP contribution in [0.1, 0.15) is 33.3 Å². The Morgan fingerprint density at radius 2 is 0.664 bits per heavy atom. The Morgan fingerprint density at radius 1 is 0.361 bits per heavy atom. The summed E-state index contributed by atoms with van der Waals surface area (Å²) < 4.78 is 69.2. The fraction of sp³-hybridized carbons (Fsp3) is 0.202. The van der Waals surface area contributed by atoms with Crippen LogP contribution in [0, 0.1) is 23.3 Å². The van der Waals surface area contributed by atoms with Crippen molar-refractivity contribution in [2.24, 2.45) is 0 Å². The summed E-state index contributed by atoms with van der Waals surface area (Å²) in [6, 6.07) is 62.6. The van der Waals surface area contributed by atoms with Gasteiger partial charge in [-0.1, -0.05) is 110 Å². The van der Waals surface area contributed by atoms with E-state index in [1.54, 1.807) is 29.2 Å². The van der Waals surface area contributed by atoms with E-state index in [-0.39, 0.29) is 39.4 Å². The molecule has 3 saturated heterocycles. The largest absolute Gasteiger partial charge is 0.444 e. The molecule has 119 heavy (non-hydrogen) atoms. The third-order valence-electron chi connectivity index (χ3n) is 21.9. The van der Waals surface area contributed by atoms with Crippen LogP contribution in [-0.4, -0.2) is 136 Å². The van der Waals surface area contributed by atoms with Crippen LogP contribution in [0.3, 0.4) is 0 Å². The van der Waals surface area contributed by atoms with Gasteiger partial charge in [-0.25, -0.2) is 42.3 Å². The molecule has 596 valence electrons. The number of anilines is 3. The molecule has 0 radical (unpaired) electrons. The van der Waals surface area contributed by atoms with Gasteiger partial charge in [0.25, 0.3) is 0 Å². The molecule has 0 saturated carbocycles. The number of amides is 1. The number of halogens is 4. The van der Waals surface area contributed by atoms with Crippen molar-refractivity contribution in [2.75, 3.05) is 99.8 Å². The molecule has 18 aromatic rings. The number of hydrogen-bond acceptors (Lipinski definition) is 19. The zero-order valence-corrected chi connectivity index (χ0v) is 68.5. The van der Waals surface area contributed by atoms with Gasteiger partial charge >= 0.3 is 6.09 Å². The molecule has 1 amide bonds. The second-order valence-corrected chi connectivity index (χ2v) is 34.8. The van der Waals surface area contributed by atoms with Crippen molar-refractivity contribution in [3.63, 3.8) is 0 Å². The second-order valence-electron chi connectivity index (χ2n) is 30.6. The summed E-state index contributed by atoms with van der Waals surface area (Å²) >= 11 is 5.97. The van der Waals surface area contributed by atoms with Crippen LogP contribution in [0.25, 0.3) is 130 Å². The first-order valence-electron chi connectivity index (χ1n) is 39.4. The average Bonchev–Trinajstić information content (AvgIpc) is 1.00. The fourth-order valence-electron chi connectivity index (χ4n) is 16.0. The van der Waals surface area contributed by atoms with Gasteiger partial charge in [0.05, 0.1) is 62.4 Å². The van der Waals surface area contributed by atoms with E-state index in [0.29, 0.717) is 75.1 Å². The highest BCUT2D eigenvalue weighted by molar-refractivity contribution is 7.26. The zero-order chi connectivity index (χ0) is 81.9. The summed E-state index contributed by atoms with van der Waals surface area (Å²) in [4.78, 5) is 98.9. The minimum absolute atomic E-state index is 0.115. The summed E-state index contributed by atoms with van der Waals surface area (Å²) in [5.41, 5.74) is 3.26. The van der Waals surface area contributed by atoms with Crippen molar-refractivity contribution in [1.82, 2.24) is 39.2 Å². The molecule has 0 spiro atoms. The Morgan fingerprint density at radius 3 is 1.00 bits per heavy atom. The van der Waals surface area contributed by atoms with E-state index in [1.807, 2.05) is 153 Å². The first-order valence-corrected chi connectivity index (χ1v) is 42.7. The summed E-state index contributed by atoms with van der Waals surface area (Å²) in [6.45, 7) is 19.1. The van der Waals surface area contributed by atoms with Crippen LogP contribution < -0.4 is 36.4 Å². The molecule has 0 atom stereocenters. The quantitative estimate of drug-likeness (QED) is 0.0838. The number of carbonyl (C=O) groups is 1. The van der Waals surface area contributed by atoms with E-state index in [2.05, 4.69) is 55.7 Å². The number of piperazine rings is 3. The molecule has 21 rings (SSSR count). The maximum absolute atomic E-state index is 13.9. The molecule has 0 aliphatic carbocycles. The van der Waals surface area contributed by atoms with Crippen LogP contribution in [0.15, 0.2) is 244 Å². The van der Waals surface area contributed by atoms with Crippen molar-refractivity contribution in [2.45, 2.75) is 39.8 Å². The topological polar surface area (TPSA) is 171 Å². The first-order chi connectivity index (χ1) is 57.8. The molecule has 3 fully saturated rings. The Kier molecular flexibility index (Phi) is 21.3. The number of aromatic nitrogens is 5. The van der Waals surface area contributed by atoms with Crippen LogP contribution >= 0.6 is 45.3 Å². The lowest BCUT2D eigenvalue weighted by Crippen LogP contribution is -2.50. The minimum Gasteiger partial charge on any atom is -0.444 e. The van der Waals surface area contributed by atoms with Gasteiger partial charge in [0, 0.05) is 159 Å². The Balaban J connectivity index is 0.000000110. The van der Waals surface area contributed by atoms with E-state index in [1.165, 1.54) is 99.4 Å². The number of para-hydroxylation sites is 4. The Hall–Kier alpha value is -12.2. The smallest absolute Gasteiger partial charge is 0.410 e. The van der Waals surface area contributed by atoms with E-state index in [9.17, 15) is 41.5 Å². The number of nitrogens with zero attached hydrogens (tertiary/aromatic N) is 11. The summed E-state index contributed by atoms with van der Waals surface area (Å²) in [6.07, 6.45) is 3.49. The van der Waals surface area contributed by atoms with E-state index >= 15 is 0 Å². The lowest BCUT2D eigenvalue weighted by molar-refractivity contribution is 0.0240. The summed E-state index contributed by atoms with van der Waals surface area (Å²) in [5, 5.41) is 7.33. The van der Waals surface area contributed by atoms with Gasteiger partial charge < -0.3 is 33.8 Å². The predicted octanol–water partition coefficient (Wildman–Crippen LogP) is 19.7. The van der Waals surface area contributed by atoms with Gasteiger partial charge in [-0.15, -0.1) is 45.3 Å². The molecular formula is C94H77F4N11O6S4. The van der Waals surface area contributed by atoms with Gasteiger partial charge in [0.15, 0.2) is 27.5 Å². The van der Waals surface area contributed by atoms with Crippen LogP contribution in [0.2, 0.25) is 0 Å². The lowest BCUT2D eigenvalue weighted by atomic mass is 10.1. The van der Waals surface area contributed by atoms with Crippen molar-refractivity contribution < 1.29 is 27.1 Å². The first kappa shape index (κ1) is 78.0. The highest BCUT2D eigenvalue weighted by Gasteiger charge is 2.31. The molecule has 3 aliphatic heterocycles. The predicted molar refractivity (Wildman–Crippen MR) is 481 cm³/mol. The molecular weight excluding hydrogens is 1580 g/mol.